The standard InChI is InChI=1S/C61H107N2O7P/c1-7-10-13-16-19-22-25-28-29-30-31-32-33-36-38-41-44-47-50-53-60(64)62-58(57-69-71(66,67)68-56-55-63(4,5)6)59(52-49-46-43-40-37-34-26-23-20-17-14-11-8-2)70-61(65)54-51-48-45-42-39-35-27-24-21-18-15-12-9-3/h10,13,19,22,28-29,31-32,35-36,38-39,44,47,49,52,58-59H,7-9,11-12,14-18,20-21,23-27,30,33-34,37,40-43,45-46,48,50-51,53-57H2,1-6H3,(H-,62,64,66,67)/p+1/b13-10-,22-19-,29-28-,32-31-,38-36-,39-35-,47-44-,52-49-. The smallest absolute Gasteiger partial charge is 0.456 e. The van der Waals surface area contributed by atoms with E-state index in [1.807, 2.05) is 45.4 Å². The summed E-state index contributed by atoms with van der Waals surface area (Å²) in [7, 11) is 1.43. The summed E-state index contributed by atoms with van der Waals surface area (Å²) in [5, 5.41) is 2.99. The number of unbranched alkanes of at least 4 members (excludes halogenated alkanes) is 20. The van der Waals surface area contributed by atoms with Gasteiger partial charge in [0, 0.05) is 12.8 Å². The fourth-order valence-electron chi connectivity index (χ4n) is 7.60. The van der Waals surface area contributed by atoms with Crippen molar-refractivity contribution in [1.29, 1.82) is 0 Å². The zero-order valence-corrected chi connectivity index (χ0v) is 47.3. The van der Waals surface area contributed by atoms with E-state index in [1.54, 1.807) is 0 Å². The van der Waals surface area contributed by atoms with Crippen LogP contribution in [0.3, 0.4) is 0 Å². The number of esters is 1. The minimum atomic E-state index is -4.47. The van der Waals surface area contributed by atoms with Crippen molar-refractivity contribution in [3.63, 3.8) is 0 Å². The van der Waals surface area contributed by atoms with Gasteiger partial charge >= 0.3 is 13.8 Å². The van der Waals surface area contributed by atoms with E-state index < -0.39 is 20.0 Å². The molecule has 0 aliphatic rings. The average molecular weight is 1010 g/mol. The fraction of sp³-hybridized carbons (Fsp3) is 0.705. The molecule has 0 heterocycles. The minimum absolute atomic E-state index is 0.0203. The molecule has 71 heavy (non-hydrogen) atoms. The van der Waals surface area contributed by atoms with Crippen LogP contribution in [0.1, 0.15) is 226 Å². The number of phosphoric acid groups is 1. The van der Waals surface area contributed by atoms with Crippen LogP contribution in [-0.2, 0) is 27.9 Å². The molecule has 3 unspecified atom stereocenters. The van der Waals surface area contributed by atoms with E-state index in [2.05, 4.69) is 99.0 Å². The second-order valence-corrected chi connectivity index (χ2v) is 21.5. The third kappa shape index (κ3) is 51.6. The highest BCUT2D eigenvalue weighted by molar-refractivity contribution is 7.47. The summed E-state index contributed by atoms with van der Waals surface area (Å²) in [4.78, 5) is 37.5. The van der Waals surface area contributed by atoms with Crippen LogP contribution in [0.5, 0.6) is 0 Å². The molecule has 408 valence electrons. The van der Waals surface area contributed by atoms with E-state index in [1.165, 1.54) is 96.3 Å². The van der Waals surface area contributed by atoms with E-state index in [4.69, 9.17) is 13.8 Å². The number of hydrogen-bond donors (Lipinski definition) is 2. The first kappa shape index (κ1) is 67.9. The van der Waals surface area contributed by atoms with Gasteiger partial charge in [0.15, 0.2) is 0 Å². The lowest BCUT2D eigenvalue weighted by molar-refractivity contribution is -0.870. The summed E-state index contributed by atoms with van der Waals surface area (Å²) in [5.74, 6) is -0.627. The van der Waals surface area contributed by atoms with Crippen LogP contribution in [0.4, 0.5) is 0 Å². The molecule has 10 heteroatoms. The molecular weight excluding hydrogens is 904 g/mol. The van der Waals surface area contributed by atoms with Gasteiger partial charge in [0.25, 0.3) is 0 Å². The summed E-state index contributed by atoms with van der Waals surface area (Å²) >= 11 is 0. The van der Waals surface area contributed by atoms with E-state index in [0.29, 0.717) is 23.9 Å². The quantitative estimate of drug-likeness (QED) is 0.0205. The number of nitrogens with zero attached hydrogens (tertiary/aromatic N) is 1. The molecule has 0 aromatic heterocycles. The van der Waals surface area contributed by atoms with Gasteiger partial charge in [0.05, 0.1) is 33.8 Å². The topological polar surface area (TPSA) is 111 Å². The average Bonchev–Trinajstić information content (AvgIpc) is 3.33. The number of nitrogens with one attached hydrogen (secondary N) is 1. The SMILES string of the molecule is CC/C=C\C/C=C\C/C=C\C/C=C\C/C=C\C/C=C\CCC(=O)NC(COP(=O)(O)OCC[N+](C)(C)C)C(/C=C\CCCCCCCCCCCCC)OC(=O)CCCCC/C=C\CCCCCCCC. The Morgan fingerprint density at radius 2 is 0.915 bits per heavy atom. The highest BCUT2D eigenvalue weighted by Gasteiger charge is 2.30. The predicted molar refractivity (Wildman–Crippen MR) is 304 cm³/mol. The Balaban J connectivity index is 5.52. The van der Waals surface area contributed by atoms with Gasteiger partial charge in [-0.15, -0.1) is 0 Å². The van der Waals surface area contributed by atoms with Gasteiger partial charge in [-0.25, -0.2) is 4.57 Å². The van der Waals surface area contributed by atoms with Crippen molar-refractivity contribution in [2.24, 2.45) is 0 Å². The van der Waals surface area contributed by atoms with Crippen LogP contribution < -0.4 is 5.32 Å². The molecule has 0 bridgehead atoms. The van der Waals surface area contributed by atoms with Gasteiger partial charge in [-0.1, -0.05) is 215 Å². The van der Waals surface area contributed by atoms with Crippen molar-refractivity contribution in [1.82, 2.24) is 5.32 Å². The Bertz CT molecular complexity index is 1540. The number of allylic oxidation sites excluding steroid dienone is 15. The van der Waals surface area contributed by atoms with Crippen LogP contribution in [0, 0.1) is 0 Å². The number of carbonyl (C=O) groups excluding carboxylic acids is 2. The Morgan fingerprint density at radius 3 is 1.38 bits per heavy atom. The summed E-state index contributed by atoms with van der Waals surface area (Å²) < 4.78 is 30.5. The zero-order chi connectivity index (χ0) is 52.2. The molecule has 0 spiro atoms. The highest BCUT2D eigenvalue weighted by Crippen LogP contribution is 2.43. The Labute approximate surface area is 437 Å². The molecule has 0 aliphatic carbocycles. The van der Waals surface area contributed by atoms with Crippen molar-refractivity contribution in [2.75, 3.05) is 40.9 Å². The lowest BCUT2D eigenvalue weighted by Crippen LogP contribution is -2.47. The summed E-state index contributed by atoms with van der Waals surface area (Å²) in [6, 6.07) is -0.899. The fourth-order valence-corrected chi connectivity index (χ4v) is 8.34. The van der Waals surface area contributed by atoms with E-state index >= 15 is 0 Å². The number of quaternary nitrogens is 1. The largest absolute Gasteiger partial charge is 0.472 e. The summed E-state index contributed by atoms with van der Waals surface area (Å²) in [5.41, 5.74) is 0. The minimum Gasteiger partial charge on any atom is -0.456 e. The second kappa shape index (κ2) is 50.5. The Kier molecular flexibility index (Phi) is 48.3. The molecule has 0 aromatic rings. The maximum absolute atomic E-state index is 13.5. The molecule has 9 nitrogen and oxygen atoms in total. The predicted octanol–water partition coefficient (Wildman–Crippen LogP) is 17.2. The first-order valence-electron chi connectivity index (χ1n) is 28.6. The van der Waals surface area contributed by atoms with E-state index in [9.17, 15) is 19.0 Å². The van der Waals surface area contributed by atoms with Gasteiger partial charge in [-0.3, -0.25) is 18.6 Å². The van der Waals surface area contributed by atoms with Crippen molar-refractivity contribution in [3.05, 3.63) is 97.2 Å². The van der Waals surface area contributed by atoms with Crippen molar-refractivity contribution in [2.45, 2.75) is 238 Å². The first-order valence-corrected chi connectivity index (χ1v) is 30.1. The number of carbonyl (C=O) groups is 2. The maximum atomic E-state index is 13.5. The molecule has 2 N–H and O–H groups in total. The van der Waals surface area contributed by atoms with Gasteiger partial charge < -0.3 is 19.4 Å². The maximum Gasteiger partial charge on any atom is 0.472 e. The summed E-state index contributed by atoms with van der Waals surface area (Å²) in [6.45, 7) is 6.80. The van der Waals surface area contributed by atoms with Gasteiger partial charge in [-0.05, 0) is 96.0 Å². The zero-order valence-electron chi connectivity index (χ0n) is 46.4. The third-order valence-corrected chi connectivity index (χ3v) is 13.0. The lowest BCUT2D eigenvalue weighted by Gasteiger charge is -2.27. The molecule has 0 fully saturated rings. The van der Waals surface area contributed by atoms with E-state index in [-0.39, 0.29) is 37.9 Å². The number of amides is 1. The lowest BCUT2D eigenvalue weighted by atomic mass is 10.0. The van der Waals surface area contributed by atoms with Crippen molar-refractivity contribution >= 4 is 19.7 Å². The molecule has 1 amide bonds. The van der Waals surface area contributed by atoms with Crippen molar-refractivity contribution < 1.29 is 37.3 Å². The van der Waals surface area contributed by atoms with Crippen LogP contribution in [0.2, 0.25) is 0 Å². The molecule has 3 atom stereocenters. The second-order valence-electron chi connectivity index (χ2n) is 20.1. The van der Waals surface area contributed by atoms with Gasteiger partial charge in [0.1, 0.15) is 19.3 Å². The molecule has 0 saturated heterocycles. The Hall–Kier alpha value is -3.07. The first-order chi connectivity index (χ1) is 34.4. The molecular formula is C61H108N2O7P+. The molecule has 0 saturated carbocycles. The van der Waals surface area contributed by atoms with Crippen LogP contribution in [-0.4, -0.2) is 74.3 Å². The van der Waals surface area contributed by atoms with Crippen LogP contribution in [0.15, 0.2) is 97.2 Å². The van der Waals surface area contributed by atoms with Crippen LogP contribution in [0.25, 0.3) is 0 Å². The van der Waals surface area contributed by atoms with Gasteiger partial charge in [-0.2, -0.15) is 0 Å². The molecule has 0 rings (SSSR count). The molecule has 0 aromatic carbocycles. The number of ether oxygens (including phenoxy) is 1. The van der Waals surface area contributed by atoms with Crippen molar-refractivity contribution in [3.8, 4) is 0 Å². The molecule has 0 radical (unpaired) electrons. The number of likely N-dealkylation sites (N-methyl/N-ethyl adjacent to an activating group) is 1. The summed E-state index contributed by atoms with van der Waals surface area (Å²) in [6.07, 6.45) is 67.1. The van der Waals surface area contributed by atoms with Gasteiger partial charge in [0.2, 0.25) is 5.91 Å². The normalized spacial score (nSPS) is 14.5. The van der Waals surface area contributed by atoms with Crippen LogP contribution >= 0.6 is 7.82 Å². The number of rotatable bonds is 50. The number of phosphoric ester groups is 1. The number of hydrogen-bond acceptors (Lipinski definition) is 6. The monoisotopic (exact) mass is 1010 g/mol. The third-order valence-electron chi connectivity index (χ3n) is 12.0. The van der Waals surface area contributed by atoms with E-state index in [0.717, 1.165) is 83.5 Å². The highest BCUT2D eigenvalue weighted by atomic mass is 31.2. The Morgan fingerprint density at radius 1 is 0.507 bits per heavy atom. The molecule has 0 aliphatic heterocycles.